The summed E-state index contributed by atoms with van der Waals surface area (Å²) in [5.74, 6) is -0.250. The summed E-state index contributed by atoms with van der Waals surface area (Å²) in [6.07, 6.45) is 3.91. The third-order valence-electron chi connectivity index (χ3n) is 2.12. The van der Waals surface area contributed by atoms with Gasteiger partial charge in [-0.1, -0.05) is 0 Å². The Morgan fingerprint density at radius 3 is 2.27 bits per heavy atom. The third kappa shape index (κ3) is 3.16. The van der Waals surface area contributed by atoms with Crippen LogP contribution in [-0.2, 0) is 4.74 Å². The van der Waals surface area contributed by atoms with Gasteiger partial charge in [-0.3, -0.25) is 4.23 Å². The van der Waals surface area contributed by atoms with Gasteiger partial charge < -0.3 is 4.74 Å². The minimum Gasteiger partial charge on any atom is -0.462 e. The van der Waals surface area contributed by atoms with Gasteiger partial charge in [-0.15, -0.1) is 0 Å². The van der Waals surface area contributed by atoms with Crippen LogP contribution in [0.1, 0.15) is 17.3 Å². The molecule has 1 rings (SSSR count). The van der Waals surface area contributed by atoms with E-state index in [-0.39, 0.29) is 5.97 Å². The average Bonchev–Trinajstić information content (AvgIpc) is 2.17. The Morgan fingerprint density at radius 1 is 1.33 bits per heavy atom. The molecule has 0 N–H and O–H groups in total. The second-order valence-electron chi connectivity index (χ2n) is 4.39. The van der Waals surface area contributed by atoms with Gasteiger partial charge in [-0.05, 0) is 26.6 Å². The number of hydrogen-bond donors (Lipinski definition) is 0. The maximum Gasteiger partial charge on any atom is 0.354 e. The van der Waals surface area contributed by atoms with E-state index >= 15 is 0 Å². The summed E-state index contributed by atoms with van der Waals surface area (Å²) < 4.78 is 7.11. The van der Waals surface area contributed by atoms with Crippen molar-refractivity contribution in [1.82, 2.24) is 0 Å². The van der Waals surface area contributed by atoms with Gasteiger partial charge in [0.15, 0.2) is 0 Å². The highest BCUT2D eigenvalue weighted by Crippen LogP contribution is 2.01. The molecule has 1 aromatic heterocycles. The van der Waals surface area contributed by atoms with E-state index in [1.165, 1.54) is 0 Å². The molecular formula is C11H18NO2Si+. The molecule has 0 aliphatic rings. The van der Waals surface area contributed by atoms with Gasteiger partial charge in [0.25, 0.3) is 0 Å². The summed E-state index contributed by atoms with van der Waals surface area (Å²) in [6, 6.07) is 3.63. The van der Waals surface area contributed by atoms with Crippen molar-refractivity contribution in [2.24, 2.45) is 0 Å². The van der Waals surface area contributed by atoms with Crippen LogP contribution >= 0.6 is 0 Å². The standard InChI is InChI=1S/C11H18NO2Si/c1-5-14-11(13)10-6-8-12(9-7-10)15(2,3)4/h6-9H,5H2,1-4H3/q+1. The van der Waals surface area contributed by atoms with Crippen LogP contribution in [0.5, 0.6) is 0 Å². The second kappa shape index (κ2) is 4.57. The fraction of sp³-hybridized carbons (Fsp3) is 0.455. The first-order chi connectivity index (χ1) is 6.95. The van der Waals surface area contributed by atoms with E-state index in [1.807, 2.05) is 31.5 Å². The van der Waals surface area contributed by atoms with Crippen molar-refractivity contribution in [3.8, 4) is 0 Å². The molecule has 0 aliphatic heterocycles. The highest BCUT2D eigenvalue weighted by molar-refractivity contribution is 6.67. The van der Waals surface area contributed by atoms with Gasteiger partial charge >= 0.3 is 14.2 Å². The molecular weight excluding hydrogens is 206 g/mol. The Morgan fingerprint density at radius 2 is 1.87 bits per heavy atom. The minimum absolute atomic E-state index is 0.250. The Kier molecular flexibility index (Phi) is 3.63. The van der Waals surface area contributed by atoms with Gasteiger partial charge in [-0.2, -0.15) is 0 Å². The molecule has 0 fully saturated rings. The van der Waals surface area contributed by atoms with Crippen LogP contribution < -0.4 is 4.23 Å². The van der Waals surface area contributed by atoms with Gasteiger partial charge in [0.1, 0.15) is 12.4 Å². The highest BCUT2D eigenvalue weighted by Gasteiger charge is 2.27. The zero-order chi connectivity index (χ0) is 11.5. The molecule has 0 unspecified atom stereocenters. The monoisotopic (exact) mass is 224 g/mol. The van der Waals surface area contributed by atoms with Crippen LogP contribution in [0.3, 0.4) is 0 Å². The lowest BCUT2D eigenvalue weighted by atomic mass is 10.3. The zero-order valence-electron chi connectivity index (χ0n) is 9.78. The maximum absolute atomic E-state index is 11.4. The van der Waals surface area contributed by atoms with E-state index in [1.54, 1.807) is 0 Å². The van der Waals surface area contributed by atoms with Crippen molar-refractivity contribution in [3.63, 3.8) is 0 Å². The molecule has 0 radical (unpaired) electrons. The number of esters is 1. The maximum atomic E-state index is 11.4. The van der Waals surface area contributed by atoms with Crippen molar-refractivity contribution in [3.05, 3.63) is 30.1 Å². The zero-order valence-corrected chi connectivity index (χ0v) is 10.8. The van der Waals surface area contributed by atoms with Crippen LogP contribution in [0.15, 0.2) is 24.5 Å². The summed E-state index contributed by atoms with van der Waals surface area (Å²) in [5.41, 5.74) is 0.617. The first kappa shape index (κ1) is 11.9. The lowest BCUT2D eigenvalue weighted by Gasteiger charge is -2.09. The van der Waals surface area contributed by atoms with E-state index in [0.717, 1.165) is 0 Å². The van der Waals surface area contributed by atoms with Crippen LogP contribution in [0.2, 0.25) is 19.6 Å². The van der Waals surface area contributed by atoms with Crippen LogP contribution in [-0.4, -0.2) is 20.8 Å². The summed E-state index contributed by atoms with van der Waals surface area (Å²) in [6.45, 7) is 8.97. The fourth-order valence-corrected chi connectivity index (χ4v) is 2.27. The average molecular weight is 224 g/mol. The molecule has 1 heterocycles. The summed E-state index contributed by atoms with van der Waals surface area (Å²) in [7, 11) is -1.34. The fourth-order valence-electron chi connectivity index (χ4n) is 1.22. The van der Waals surface area contributed by atoms with Gasteiger partial charge in [0, 0.05) is 12.1 Å². The molecule has 0 bridgehead atoms. The van der Waals surface area contributed by atoms with Crippen molar-refractivity contribution in [2.75, 3.05) is 6.61 Å². The summed E-state index contributed by atoms with van der Waals surface area (Å²) >= 11 is 0. The smallest absolute Gasteiger partial charge is 0.354 e. The largest absolute Gasteiger partial charge is 0.462 e. The van der Waals surface area contributed by atoms with E-state index in [0.29, 0.717) is 12.2 Å². The SMILES string of the molecule is CCOC(=O)c1cc[n+]([Si](C)(C)C)cc1. The summed E-state index contributed by atoms with van der Waals surface area (Å²) in [5, 5.41) is 0. The topological polar surface area (TPSA) is 30.2 Å². The first-order valence-electron chi connectivity index (χ1n) is 5.14. The molecule has 0 saturated carbocycles. The molecule has 1 aromatic rings. The van der Waals surface area contributed by atoms with Crippen LogP contribution in [0.25, 0.3) is 0 Å². The Hall–Kier alpha value is -1.16. The normalized spacial score (nSPS) is 11.2. The van der Waals surface area contributed by atoms with E-state index in [9.17, 15) is 4.79 Å². The Bertz CT molecular complexity index is 341. The van der Waals surface area contributed by atoms with Crippen LogP contribution in [0.4, 0.5) is 0 Å². The van der Waals surface area contributed by atoms with Crippen molar-refractivity contribution in [2.45, 2.75) is 26.6 Å². The predicted octanol–water partition coefficient (Wildman–Crippen LogP) is 1.83. The molecule has 0 amide bonds. The molecule has 15 heavy (non-hydrogen) atoms. The molecule has 0 aromatic carbocycles. The number of pyridine rings is 1. The lowest BCUT2D eigenvalue weighted by Crippen LogP contribution is -2.57. The molecule has 0 atom stereocenters. The number of nitrogens with zero attached hydrogens (tertiary/aromatic N) is 1. The van der Waals surface area contributed by atoms with Crippen LogP contribution in [0, 0.1) is 0 Å². The molecule has 0 saturated heterocycles. The Labute approximate surface area is 91.8 Å². The van der Waals surface area contributed by atoms with Crippen molar-refractivity contribution >= 4 is 14.2 Å². The number of carbonyl (C=O) groups is 1. The quantitative estimate of drug-likeness (QED) is 0.579. The van der Waals surface area contributed by atoms with E-state index < -0.39 is 8.24 Å². The third-order valence-corrected chi connectivity index (χ3v) is 3.96. The van der Waals surface area contributed by atoms with Gasteiger partial charge in [0.05, 0.1) is 12.2 Å². The number of aromatic nitrogens is 1. The van der Waals surface area contributed by atoms with Gasteiger partial charge in [-0.25, -0.2) is 4.79 Å². The molecule has 3 nitrogen and oxygen atoms in total. The number of hydrogen-bond acceptors (Lipinski definition) is 2. The number of rotatable bonds is 3. The lowest BCUT2D eigenvalue weighted by molar-refractivity contribution is -0.545. The molecule has 0 spiro atoms. The molecule has 82 valence electrons. The van der Waals surface area contributed by atoms with Crippen molar-refractivity contribution < 1.29 is 13.8 Å². The van der Waals surface area contributed by atoms with E-state index in [2.05, 4.69) is 23.9 Å². The minimum atomic E-state index is -1.34. The first-order valence-corrected chi connectivity index (χ1v) is 8.59. The number of ether oxygens (including phenoxy) is 1. The second-order valence-corrected chi connectivity index (χ2v) is 9.24. The summed E-state index contributed by atoms with van der Waals surface area (Å²) in [4.78, 5) is 11.4. The molecule has 0 aliphatic carbocycles. The molecule has 4 heteroatoms. The predicted molar refractivity (Wildman–Crippen MR) is 61.3 cm³/mol. The Balaban J connectivity index is 2.86. The highest BCUT2D eigenvalue weighted by atomic mass is 28.3. The number of carbonyl (C=O) groups excluding carboxylic acids is 1. The van der Waals surface area contributed by atoms with E-state index in [4.69, 9.17) is 4.74 Å². The van der Waals surface area contributed by atoms with Crippen molar-refractivity contribution in [1.29, 1.82) is 0 Å². The van der Waals surface area contributed by atoms with Gasteiger partial charge in [0.2, 0.25) is 0 Å².